The third kappa shape index (κ3) is 2.30. The third-order valence-corrected chi connectivity index (χ3v) is 4.81. The average molecular weight is 308 g/mol. The number of fused-ring (bicyclic) bond motifs is 3. The molecule has 4 rings (SSSR count). The highest BCUT2D eigenvalue weighted by molar-refractivity contribution is 6.09. The molecule has 2 heterocycles. The van der Waals surface area contributed by atoms with Gasteiger partial charge in [-0.1, -0.05) is 24.3 Å². The fraction of sp³-hybridized carbons (Fsp3) is 0.316. The number of benzene rings is 2. The predicted octanol–water partition coefficient (Wildman–Crippen LogP) is 3.51. The summed E-state index contributed by atoms with van der Waals surface area (Å²) < 4.78 is 7.30. The van der Waals surface area contributed by atoms with Crippen molar-refractivity contribution in [3.8, 4) is 0 Å². The van der Waals surface area contributed by atoms with Crippen LogP contribution in [0.25, 0.3) is 21.8 Å². The Kier molecular flexibility index (Phi) is 3.54. The van der Waals surface area contributed by atoms with E-state index in [4.69, 9.17) is 4.74 Å². The molecule has 0 bridgehead atoms. The van der Waals surface area contributed by atoms with Gasteiger partial charge in [0.2, 0.25) is 0 Å². The average Bonchev–Trinajstić information content (AvgIpc) is 2.95. The van der Waals surface area contributed by atoms with E-state index in [1.807, 2.05) is 18.2 Å². The Hall–Kier alpha value is -2.33. The van der Waals surface area contributed by atoms with Gasteiger partial charge in [0.15, 0.2) is 0 Å². The zero-order valence-electron chi connectivity index (χ0n) is 13.2. The van der Waals surface area contributed by atoms with Crippen LogP contribution in [0.1, 0.15) is 29.2 Å². The number of carbonyl (C=O) groups excluding carboxylic acids is 1. The number of hydrogen-bond donors (Lipinski definition) is 1. The number of hydrogen-bond acceptors (Lipinski definition) is 3. The summed E-state index contributed by atoms with van der Waals surface area (Å²) >= 11 is 0. The first-order chi connectivity index (χ1) is 11.3. The Balaban J connectivity index is 2.00. The molecule has 1 aliphatic heterocycles. The van der Waals surface area contributed by atoms with E-state index >= 15 is 0 Å². The second-order valence-corrected chi connectivity index (χ2v) is 6.09. The summed E-state index contributed by atoms with van der Waals surface area (Å²) in [5.74, 6) is -0.283. The molecule has 4 nitrogen and oxygen atoms in total. The Bertz CT molecular complexity index is 876. The predicted molar refractivity (Wildman–Crippen MR) is 91.9 cm³/mol. The molecule has 4 heteroatoms. The van der Waals surface area contributed by atoms with Gasteiger partial charge in [0.25, 0.3) is 0 Å². The van der Waals surface area contributed by atoms with E-state index in [1.165, 1.54) is 23.4 Å². The molecule has 0 unspecified atom stereocenters. The molecule has 118 valence electrons. The fourth-order valence-corrected chi connectivity index (χ4v) is 3.70. The van der Waals surface area contributed by atoms with Crippen LogP contribution in [0.4, 0.5) is 0 Å². The Morgan fingerprint density at radius 2 is 1.83 bits per heavy atom. The van der Waals surface area contributed by atoms with Gasteiger partial charge in [-0.15, -0.1) is 0 Å². The highest BCUT2D eigenvalue weighted by Gasteiger charge is 2.21. The van der Waals surface area contributed by atoms with Crippen molar-refractivity contribution < 1.29 is 9.53 Å². The van der Waals surface area contributed by atoms with E-state index in [0.717, 1.165) is 31.4 Å². The molecular formula is C19H20N2O2. The van der Waals surface area contributed by atoms with Gasteiger partial charge in [-0.2, -0.15) is 0 Å². The number of carbonyl (C=O) groups is 1. The van der Waals surface area contributed by atoms with Crippen LogP contribution >= 0.6 is 0 Å². The molecule has 0 atom stereocenters. The SMILES string of the molecule is COC(=O)c1ccc2c3ccccc3n(C3CCNCC3)c2c1. The summed E-state index contributed by atoms with van der Waals surface area (Å²) in [5, 5.41) is 5.87. The van der Waals surface area contributed by atoms with Crippen LogP contribution in [0.5, 0.6) is 0 Å². The lowest BCUT2D eigenvalue weighted by Crippen LogP contribution is -2.29. The van der Waals surface area contributed by atoms with Gasteiger partial charge in [-0.05, 0) is 44.1 Å². The Labute approximate surface area is 135 Å². The van der Waals surface area contributed by atoms with E-state index in [2.05, 4.69) is 34.1 Å². The summed E-state index contributed by atoms with van der Waals surface area (Å²) in [6, 6.07) is 14.8. The molecule has 1 saturated heterocycles. The highest BCUT2D eigenvalue weighted by Crippen LogP contribution is 2.35. The van der Waals surface area contributed by atoms with Gasteiger partial charge in [0, 0.05) is 22.3 Å². The fourth-order valence-electron chi connectivity index (χ4n) is 3.70. The first kappa shape index (κ1) is 14.3. The molecule has 1 aliphatic rings. The molecule has 0 amide bonds. The number of aromatic nitrogens is 1. The molecule has 2 aromatic carbocycles. The Morgan fingerprint density at radius 1 is 1.09 bits per heavy atom. The largest absolute Gasteiger partial charge is 0.465 e. The molecule has 0 saturated carbocycles. The summed E-state index contributed by atoms with van der Waals surface area (Å²) in [4.78, 5) is 11.9. The lowest BCUT2D eigenvalue weighted by atomic mass is 10.1. The second-order valence-electron chi connectivity index (χ2n) is 6.09. The van der Waals surface area contributed by atoms with Gasteiger partial charge >= 0.3 is 5.97 Å². The monoisotopic (exact) mass is 308 g/mol. The number of nitrogens with zero attached hydrogens (tertiary/aromatic N) is 1. The van der Waals surface area contributed by atoms with Crippen LogP contribution in [-0.4, -0.2) is 30.7 Å². The number of methoxy groups -OCH3 is 1. The van der Waals surface area contributed by atoms with E-state index < -0.39 is 0 Å². The Morgan fingerprint density at radius 3 is 2.61 bits per heavy atom. The van der Waals surface area contributed by atoms with Crippen molar-refractivity contribution in [3.63, 3.8) is 0 Å². The molecule has 0 radical (unpaired) electrons. The van der Waals surface area contributed by atoms with E-state index in [9.17, 15) is 4.79 Å². The first-order valence-electron chi connectivity index (χ1n) is 8.11. The van der Waals surface area contributed by atoms with Gasteiger partial charge < -0.3 is 14.6 Å². The minimum absolute atomic E-state index is 0.283. The van der Waals surface area contributed by atoms with Crippen LogP contribution in [0.3, 0.4) is 0 Å². The topological polar surface area (TPSA) is 43.3 Å². The molecule has 1 N–H and O–H groups in total. The number of esters is 1. The highest BCUT2D eigenvalue weighted by atomic mass is 16.5. The van der Waals surface area contributed by atoms with Crippen molar-refractivity contribution in [1.82, 2.24) is 9.88 Å². The quantitative estimate of drug-likeness (QED) is 0.737. The van der Waals surface area contributed by atoms with Gasteiger partial charge in [0.05, 0.1) is 18.2 Å². The lowest BCUT2D eigenvalue weighted by molar-refractivity contribution is 0.0601. The van der Waals surface area contributed by atoms with Crippen molar-refractivity contribution in [3.05, 3.63) is 48.0 Å². The molecule has 23 heavy (non-hydrogen) atoms. The van der Waals surface area contributed by atoms with Crippen LogP contribution in [0, 0.1) is 0 Å². The zero-order chi connectivity index (χ0) is 15.8. The van der Waals surface area contributed by atoms with E-state index in [0.29, 0.717) is 11.6 Å². The van der Waals surface area contributed by atoms with Gasteiger partial charge in [-0.25, -0.2) is 4.79 Å². The number of rotatable bonds is 2. The summed E-state index contributed by atoms with van der Waals surface area (Å²) in [7, 11) is 1.43. The van der Waals surface area contributed by atoms with Crippen molar-refractivity contribution in [1.29, 1.82) is 0 Å². The van der Waals surface area contributed by atoms with Crippen LogP contribution < -0.4 is 5.32 Å². The number of nitrogens with one attached hydrogen (secondary N) is 1. The summed E-state index contributed by atoms with van der Waals surface area (Å²) in [6.07, 6.45) is 2.21. The first-order valence-corrected chi connectivity index (χ1v) is 8.11. The maximum atomic E-state index is 11.9. The maximum Gasteiger partial charge on any atom is 0.337 e. The molecule has 1 aromatic heterocycles. The standard InChI is InChI=1S/C19H20N2O2/c1-23-19(22)13-6-7-16-15-4-2-3-5-17(15)21(18(16)12-13)14-8-10-20-11-9-14/h2-7,12,14,20H,8-11H2,1H3. The molecular weight excluding hydrogens is 288 g/mol. The zero-order valence-corrected chi connectivity index (χ0v) is 13.2. The van der Waals surface area contributed by atoms with Gasteiger partial charge in [-0.3, -0.25) is 0 Å². The maximum absolute atomic E-state index is 11.9. The molecule has 0 aliphatic carbocycles. The molecule has 1 fully saturated rings. The van der Waals surface area contributed by atoms with E-state index in [1.54, 1.807) is 0 Å². The minimum Gasteiger partial charge on any atom is -0.465 e. The lowest BCUT2D eigenvalue weighted by Gasteiger charge is -2.26. The normalized spacial score (nSPS) is 16.0. The number of ether oxygens (including phenoxy) is 1. The van der Waals surface area contributed by atoms with Crippen LogP contribution in [-0.2, 0) is 4.74 Å². The number of piperidine rings is 1. The molecule has 0 spiro atoms. The van der Waals surface area contributed by atoms with Crippen molar-refractivity contribution in [2.24, 2.45) is 0 Å². The third-order valence-electron chi connectivity index (χ3n) is 4.81. The smallest absolute Gasteiger partial charge is 0.337 e. The second kappa shape index (κ2) is 5.70. The minimum atomic E-state index is -0.283. The van der Waals surface area contributed by atoms with Gasteiger partial charge in [0.1, 0.15) is 0 Å². The summed E-state index contributed by atoms with van der Waals surface area (Å²) in [6.45, 7) is 2.07. The number of para-hydroxylation sites is 1. The van der Waals surface area contributed by atoms with Crippen LogP contribution in [0.15, 0.2) is 42.5 Å². The molecule has 3 aromatic rings. The summed E-state index contributed by atoms with van der Waals surface area (Å²) in [5.41, 5.74) is 2.98. The van der Waals surface area contributed by atoms with Crippen molar-refractivity contribution >= 4 is 27.8 Å². The van der Waals surface area contributed by atoms with E-state index in [-0.39, 0.29) is 5.97 Å². The van der Waals surface area contributed by atoms with Crippen molar-refractivity contribution in [2.75, 3.05) is 20.2 Å². The van der Waals surface area contributed by atoms with Crippen molar-refractivity contribution in [2.45, 2.75) is 18.9 Å². The van der Waals surface area contributed by atoms with Crippen LogP contribution in [0.2, 0.25) is 0 Å².